The second-order valence-corrected chi connectivity index (χ2v) is 5.50. The highest BCUT2D eigenvalue weighted by Crippen LogP contribution is 2.29. The zero-order valence-corrected chi connectivity index (χ0v) is 12.3. The second kappa shape index (κ2) is 5.64. The zero-order chi connectivity index (χ0) is 13.9. The van der Waals surface area contributed by atoms with Crippen LogP contribution in [-0.4, -0.2) is 17.1 Å². The minimum absolute atomic E-state index is 0.204. The predicted octanol–water partition coefficient (Wildman–Crippen LogP) is 3.97. The Morgan fingerprint density at radius 3 is 2.90 bits per heavy atom. The van der Waals surface area contributed by atoms with Gasteiger partial charge in [-0.3, -0.25) is 0 Å². The second-order valence-electron chi connectivity index (χ2n) is 4.13. The highest BCUT2D eigenvalue weighted by Gasteiger charge is 2.10. The lowest BCUT2D eigenvalue weighted by molar-refractivity contribution is 0.419. The fourth-order valence-corrected chi connectivity index (χ4v) is 2.80. The van der Waals surface area contributed by atoms with Gasteiger partial charge in [0.1, 0.15) is 17.1 Å². The van der Waals surface area contributed by atoms with Crippen molar-refractivity contribution in [1.29, 1.82) is 0 Å². The molecule has 0 atom stereocenters. The molecule has 4 nitrogen and oxygen atoms in total. The first-order chi connectivity index (χ1) is 9.78. The Hall–Kier alpha value is -1.85. The van der Waals surface area contributed by atoms with Gasteiger partial charge in [0.2, 0.25) is 5.28 Å². The number of benzene rings is 1. The van der Waals surface area contributed by atoms with Crippen LogP contribution >= 0.6 is 22.9 Å². The van der Waals surface area contributed by atoms with Crippen LogP contribution in [-0.2, 0) is 6.54 Å². The molecule has 0 spiro atoms. The number of para-hydroxylation sites is 1. The molecule has 2 heterocycles. The standard InChI is InChI=1S/C14H12ClN3OS/c1-19-11-6-2-5-10-12(11)17-14(15)18-13(10)16-8-9-4-3-7-20-9/h2-7H,8H2,1H3,(H,16,17,18). The van der Waals surface area contributed by atoms with Gasteiger partial charge in [0.15, 0.2) is 0 Å². The Morgan fingerprint density at radius 1 is 1.25 bits per heavy atom. The Morgan fingerprint density at radius 2 is 2.15 bits per heavy atom. The van der Waals surface area contributed by atoms with Gasteiger partial charge in [0.25, 0.3) is 0 Å². The minimum atomic E-state index is 0.204. The third kappa shape index (κ3) is 2.55. The van der Waals surface area contributed by atoms with Crippen LogP contribution in [0, 0.1) is 0 Å². The van der Waals surface area contributed by atoms with E-state index in [1.807, 2.05) is 29.6 Å². The number of aromatic nitrogens is 2. The quantitative estimate of drug-likeness (QED) is 0.741. The first kappa shape index (κ1) is 13.1. The van der Waals surface area contributed by atoms with E-state index >= 15 is 0 Å². The summed E-state index contributed by atoms with van der Waals surface area (Å²) in [6, 6.07) is 9.81. The van der Waals surface area contributed by atoms with Gasteiger partial charge in [0.05, 0.1) is 13.7 Å². The van der Waals surface area contributed by atoms with E-state index in [0.717, 1.165) is 5.39 Å². The van der Waals surface area contributed by atoms with Crippen molar-refractivity contribution < 1.29 is 4.74 Å². The van der Waals surface area contributed by atoms with Gasteiger partial charge >= 0.3 is 0 Å². The SMILES string of the molecule is COc1cccc2c(NCc3cccs3)nc(Cl)nc12. The van der Waals surface area contributed by atoms with Gasteiger partial charge in [0, 0.05) is 10.3 Å². The molecule has 6 heteroatoms. The van der Waals surface area contributed by atoms with E-state index in [2.05, 4.69) is 21.4 Å². The Kier molecular flexibility index (Phi) is 3.71. The smallest absolute Gasteiger partial charge is 0.225 e. The van der Waals surface area contributed by atoms with Crippen LogP contribution in [0.25, 0.3) is 10.9 Å². The highest BCUT2D eigenvalue weighted by molar-refractivity contribution is 7.09. The molecular formula is C14H12ClN3OS. The lowest BCUT2D eigenvalue weighted by Gasteiger charge is -2.10. The molecule has 3 rings (SSSR count). The minimum Gasteiger partial charge on any atom is -0.494 e. The number of hydrogen-bond donors (Lipinski definition) is 1. The van der Waals surface area contributed by atoms with E-state index in [9.17, 15) is 0 Å². The Labute approximate surface area is 125 Å². The van der Waals surface area contributed by atoms with E-state index in [-0.39, 0.29) is 5.28 Å². The predicted molar refractivity (Wildman–Crippen MR) is 82.7 cm³/mol. The summed E-state index contributed by atoms with van der Waals surface area (Å²) in [6.07, 6.45) is 0. The number of hydrogen-bond acceptors (Lipinski definition) is 5. The fraction of sp³-hybridized carbons (Fsp3) is 0.143. The summed E-state index contributed by atoms with van der Waals surface area (Å²) in [4.78, 5) is 9.74. The van der Waals surface area contributed by atoms with Crippen molar-refractivity contribution in [2.75, 3.05) is 12.4 Å². The molecule has 0 saturated heterocycles. The van der Waals surface area contributed by atoms with Crippen LogP contribution in [0.4, 0.5) is 5.82 Å². The number of thiophene rings is 1. The molecule has 0 aliphatic carbocycles. The van der Waals surface area contributed by atoms with Crippen LogP contribution in [0.2, 0.25) is 5.28 Å². The number of nitrogens with zero attached hydrogens (tertiary/aromatic N) is 2. The van der Waals surface area contributed by atoms with E-state index < -0.39 is 0 Å². The summed E-state index contributed by atoms with van der Waals surface area (Å²) < 4.78 is 5.31. The molecule has 0 saturated carbocycles. The van der Waals surface area contributed by atoms with Crippen molar-refractivity contribution in [2.45, 2.75) is 6.54 Å². The molecule has 2 aromatic heterocycles. The first-order valence-electron chi connectivity index (χ1n) is 6.04. The molecule has 0 unspecified atom stereocenters. The Balaban J connectivity index is 2.01. The number of fused-ring (bicyclic) bond motifs is 1. The zero-order valence-electron chi connectivity index (χ0n) is 10.8. The van der Waals surface area contributed by atoms with Crippen LogP contribution in [0.15, 0.2) is 35.7 Å². The van der Waals surface area contributed by atoms with Crippen LogP contribution in [0.1, 0.15) is 4.88 Å². The normalized spacial score (nSPS) is 10.7. The molecule has 1 N–H and O–H groups in total. The van der Waals surface area contributed by atoms with Gasteiger partial charge in [-0.1, -0.05) is 12.1 Å². The third-order valence-electron chi connectivity index (χ3n) is 2.89. The van der Waals surface area contributed by atoms with Crippen LogP contribution in [0.3, 0.4) is 0 Å². The molecule has 0 radical (unpaired) electrons. The lowest BCUT2D eigenvalue weighted by Crippen LogP contribution is -2.02. The van der Waals surface area contributed by atoms with Gasteiger partial charge in [-0.15, -0.1) is 11.3 Å². The number of halogens is 1. The van der Waals surface area contributed by atoms with Crippen molar-refractivity contribution >= 4 is 39.7 Å². The van der Waals surface area contributed by atoms with Crippen molar-refractivity contribution in [1.82, 2.24) is 9.97 Å². The van der Waals surface area contributed by atoms with Crippen molar-refractivity contribution in [3.63, 3.8) is 0 Å². The van der Waals surface area contributed by atoms with E-state index in [1.54, 1.807) is 18.4 Å². The van der Waals surface area contributed by atoms with E-state index in [1.165, 1.54) is 4.88 Å². The molecular weight excluding hydrogens is 294 g/mol. The van der Waals surface area contributed by atoms with E-state index in [4.69, 9.17) is 16.3 Å². The largest absolute Gasteiger partial charge is 0.494 e. The Bertz CT molecular complexity index is 731. The lowest BCUT2D eigenvalue weighted by atomic mass is 10.2. The summed E-state index contributed by atoms with van der Waals surface area (Å²) in [5, 5.41) is 6.45. The molecule has 20 heavy (non-hydrogen) atoms. The van der Waals surface area contributed by atoms with Gasteiger partial charge in [-0.2, -0.15) is 0 Å². The monoisotopic (exact) mass is 305 g/mol. The molecule has 3 aromatic rings. The fourth-order valence-electron chi connectivity index (χ4n) is 1.98. The molecule has 0 aliphatic heterocycles. The maximum absolute atomic E-state index is 6.00. The average molecular weight is 306 g/mol. The van der Waals surface area contributed by atoms with Crippen molar-refractivity contribution in [3.05, 3.63) is 45.9 Å². The number of rotatable bonds is 4. The molecule has 0 aliphatic rings. The summed E-state index contributed by atoms with van der Waals surface area (Å²) in [5.41, 5.74) is 0.712. The summed E-state index contributed by atoms with van der Waals surface area (Å²) >= 11 is 7.69. The average Bonchev–Trinajstić information content (AvgIpc) is 2.97. The van der Waals surface area contributed by atoms with Gasteiger partial charge in [-0.05, 0) is 35.2 Å². The third-order valence-corrected chi connectivity index (χ3v) is 3.94. The number of nitrogens with one attached hydrogen (secondary N) is 1. The number of anilines is 1. The van der Waals surface area contributed by atoms with Gasteiger partial charge in [-0.25, -0.2) is 9.97 Å². The number of ether oxygens (including phenoxy) is 1. The van der Waals surface area contributed by atoms with Crippen LogP contribution in [0.5, 0.6) is 5.75 Å². The topological polar surface area (TPSA) is 47.0 Å². The molecule has 102 valence electrons. The first-order valence-corrected chi connectivity index (χ1v) is 7.30. The van der Waals surface area contributed by atoms with E-state index in [0.29, 0.717) is 23.6 Å². The maximum Gasteiger partial charge on any atom is 0.225 e. The van der Waals surface area contributed by atoms with Gasteiger partial charge < -0.3 is 10.1 Å². The maximum atomic E-state index is 6.00. The molecule has 0 amide bonds. The molecule has 0 bridgehead atoms. The summed E-state index contributed by atoms with van der Waals surface area (Å²) in [7, 11) is 1.61. The summed E-state index contributed by atoms with van der Waals surface area (Å²) in [6.45, 7) is 0.706. The van der Waals surface area contributed by atoms with Crippen molar-refractivity contribution in [3.8, 4) is 5.75 Å². The molecule has 0 fully saturated rings. The van der Waals surface area contributed by atoms with Crippen LogP contribution < -0.4 is 10.1 Å². The highest BCUT2D eigenvalue weighted by atomic mass is 35.5. The van der Waals surface area contributed by atoms with Crippen molar-refractivity contribution in [2.24, 2.45) is 0 Å². The number of methoxy groups -OCH3 is 1. The molecule has 1 aromatic carbocycles. The summed E-state index contributed by atoms with van der Waals surface area (Å²) in [5.74, 6) is 1.40.